The van der Waals surface area contributed by atoms with Crippen LogP contribution in [0, 0.1) is 5.92 Å². The van der Waals surface area contributed by atoms with Crippen molar-refractivity contribution in [3.05, 3.63) is 34.9 Å². The Labute approximate surface area is 126 Å². The molecule has 1 aliphatic heterocycles. The Bertz CT molecular complexity index is 618. The van der Waals surface area contributed by atoms with E-state index in [9.17, 15) is 19.4 Å². The average Bonchev–Trinajstić information content (AvgIpc) is 2.71. The van der Waals surface area contributed by atoms with Gasteiger partial charge < -0.3 is 20.7 Å². The molecule has 2 heterocycles. The Morgan fingerprint density at radius 3 is 2.86 bits per heavy atom. The molecule has 7 nitrogen and oxygen atoms in total. The summed E-state index contributed by atoms with van der Waals surface area (Å²) in [5, 5.41) is 19.7. The number of anilines is 1. The number of nitrogens with two attached hydrogens (primary N) is 1. The highest BCUT2D eigenvalue weighted by Gasteiger charge is 2.54. The van der Waals surface area contributed by atoms with E-state index in [-0.39, 0.29) is 11.7 Å². The maximum absolute atomic E-state index is 14.4. The van der Waals surface area contributed by atoms with Crippen LogP contribution in [-0.4, -0.2) is 44.2 Å². The summed E-state index contributed by atoms with van der Waals surface area (Å²) in [4.78, 5) is 15.3. The molecule has 2 rings (SSSR count). The molecule has 0 radical (unpaired) electrons. The van der Waals surface area contributed by atoms with Crippen molar-refractivity contribution in [2.45, 2.75) is 38.0 Å². The normalized spacial score (nSPS) is 32.2. The molecule has 1 fully saturated rings. The fraction of sp³-hybridized carbons (Fsp3) is 0.571. The number of aliphatic hydroxyl groups is 2. The molecular formula is C14H20FN3O4. The minimum atomic E-state index is -1.90. The molecule has 1 saturated heterocycles. The van der Waals surface area contributed by atoms with Crippen LogP contribution in [-0.2, 0) is 4.74 Å². The highest BCUT2D eigenvalue weighted by molar-refractivity contribution is 5.24. The lowest BCUT2D eigenvalue weighted by atomic mass is 9.95. The second-order valence-electron chi connectivity index (χ2n) is 5.66. The van der Waals surface area contributed by atoms with Gasteiger partial charge in [-0.3, -0.25) is 4.57 Å². The van der Waals surface area contributed by atoms with E-state index in [1.165, 1.54) is 18.3 Å². The Hall–Kier alpha value is -1.77. The lowest BCUT2D eigenvalue weighted by Gasteiger charge is -2.26. The Morgan fingerprint density at radius 2 is 2.32 bits per heavy atom. The summed E-state index contributed by atoms with van der Waals surface area (Å²) >= 11 is 0. The minimum Gasteiger partial charge on any atom is -0.393 e. The van der Waals surface area contributed by atoms with Crippen molar-refractivity contribution in [3.63, 3.8) is 0 Å². The Kier molecular flexibility index (Phi) is 4.64. The molecular weight excluding hydrogens is 293 g/mol. The van der Waals surface area contributed by atoms with Gasteiger partial charge >= 0.3 is 5.69 Å². The second-order valence-corrected chi connectivity index (χ2v) is 5.66. The molecule has 8 heteroatoms. The fourth-order valence-corrected chi connectivity index (χ4v) is 2.29. The molecule has 122 valence electrons. The summed E-state index contributed by atoms with van der Waals surface area (Å²) in [5.74, 6) is 0.126. The van der Waals surface area contributed by atoms with Gasteiger partial charge in [0.25, 0.3) is 0 Å². The number of aromatic nitrogens is 2. The van der Waals surface area contributed by atoms with E-state index < -0.39 is 36.4 Å². The van der Waals surface area contributed by atoms with E-state index in [2.05, 4.69) is 4.98 Å². The van der Waals surface area contributed by atoms with Crippen molar-refractivity contribution in [2.24, 2.45) is 5.92 Å². The van der Waals surface area contributed by atoms with Crippen LogP contribution >= 0.6 is 0 Å². The maximum atomic E-state index is 14.4. The quantitative estimate of drug-likeness (QED) is 0.675. The highest BCUT2D eigenvalue weighted by atomic mass is 19.1. The van der Waals surface area contributed by atoms with Crippen molar-refractivity contribution in [1.82, 2.24) is 9.55 Å². The molecule has 1 aliphatic rings. The zero-order valence-corrected chi connectivity index (χ0v) is 12.4. The number of hydrogen-bond donors (Lipinski definition) is 3. The molecule has 1 aromatic rings. The SMILES string of the molecule is CC(C)C=CC1(CO)OC(n2ccc(N)nc2=O)C(F)C1O. The van der Waals surface area contributed by atoms with E-state index in [1.807, 2.05) is 13.8 Å². The molecule has 0 saturated carbocycles. The smallest absolute Gasteiger partial charge is 0.351 e. The van der Waals surface area contributed by atoms with Crippen LogP contribution in [0.5, 0.6) is 0 Å². The zero-order chi connectivity index (χ0) is 16.5. The molecule has 0 bridgehead atoms. The first-order valence-corrected chi connectivity index (χ1v) is 6.95. The Balaban J connectivity index is 2.38. The predicted molar refractivity (Wildman–Crippen MR) is 77.7 cm³/mol. The number of ether oxygens (including phenoxy) is 1. The number of rotatable bonds is 4. The van der Waals surface area contributed by atoms with Crippen LogP contribution in [0.25, 0.3) is 0 Å². The molecule has 1 aromatic heterocycles. The third kappa shape index (κ3) is 2.90. The van der Waals surface area contributed by atoms with E-state index in [0.717, 1.165) is 4.57 Å². The van der Waals surface area contributed by atoms with Crippen LogP contribution in [0.2, 0.25) is 0 Å². The number of nitrogens with zero attached hydrogens (tertiary/aromatic N) is 2. The third-order valence-corrected chi connectivity index (χ3v) is 3.55. The van der Waals surface area contributed by atoms with E-state index in [0.29, 0.717) is 0 Å². The lowest BCUT2D eigenvalue weighted by molar-refractivity contribution is -0.0986. The second kappa shape index (κ2) is 6.15. The van der Waals surface area contributed by atoms with Gasteiger partial charge in [-0.2, -0.15) is 4.98 Å². The highest BCUT2D eigenvalue weighted by Crippen LogP contribution is 2.39. The number of halogens is 1. The van der Waals surface area contributed by atoms with Crippen LogP contribution in [0.4, 0.5) is 10.2 Å². The van der Waals surface area contributed by atoms with Gasteiger partial charge in [-0.1, -0.05) is 26.0 Å². The van der Waals surface area contributed by atoms with Crippen molar-refractivity contribution in [3.8, 4) is 0 Å². The summed E-state index contributed by atoms with van der Waals surface area (Å²) in [6.45, 7) is 3.16. The van der Waals surface area contributed by atoms with Gasteiger partial charge in [0.1, 0.15) is 17.5 Å². The van der Waals surface area contributed by atoms with Crippen LogP contribution in [0.15, 0.2) is 29.2 Å². The van der Waals surface area contributed by atoms with Crippen molar-refractivity contribution >= 4 is 5.82 Å². The van der Waals surface area contributed by atoms with Gasteiger partial charge in [0.05, 0.1) is 6.61 Å². The largest absolute Gasteiger partial charge is 0.393 e. The number of aliphatic hydroxyl groups excluding tert-OH is 2. The molecule has 0 aliphatic carbocycles. The Morgan fingerprint density at radius 1 is 1.64 bits per heavy atom. The topological polar surface area (TPSA) is 111 Å². The van der Waals surface area contributed by atoms with Crippen molar-refractivity contribution < 1.29 is 19.3 Å². The van der Waals surface area contributed by atoms with Crippen molar-refractivity contribution in [2.75, 3.05) is 12.3 Å². The maximum Gasteiger partial charge on any atom is 0.351 e. The first-order valence-electron chi connectivity index (χ1n) is 6.95. The number of hydrogen-bond acceptors (Lipinski definition) is 6. The van der Waals surface area contributed by atoms with Gasteiger partial charge in [-0.05, 0) is 12.0 Å². The summed E-state index contributed by atoms with van der Waals surface area (Å²) in [6.07, 6.45) is -0.522. The van der Waals surface area contributed by atoms with Gasteiger partial charge in [0.2, 0.25) is 0 Å². The van der Waals surface area contributed by atoms with Gasteiger partial charge in [-0.25, -0.2) is 9.18 Å². The van der Waals surface area contributed by atoms with E-state index in [4.69, 9.17) is 10.5 Å². The summed E-state index contributed by atoms with van der Waals surface area (Å²) in [5.41, 5.74) is 3.00. The summed E-state index contributed by atoms with van der Waals surface area (Å²) < 4.78 is 20.8. The number of allylic oxidation sites excluding steroid dienone is 1. The van der Waals surface area contributed by atoms with Crippen LogP contribution < -0.4 is 11.4 Å². The van der Waals surface area contributed by atoms with Gasteiger partial charge in [0, 0.05) is 6.20 Å². The van der Waals surface area contributed by atoms with Crippen LogP contribution in [0.3, 0.4) is 0 Å². The molecule has 4 N–H and O–H groups in total. The first-order chi connectivity index (χ1) is 10.3. The number of nitrogen functional groups attached to an aromatic ring is 1. The average molecular weight is 313 g/mol. The monoisotopic (exact) mass is 313 g/mol. The third-order valence-electron chi connectivity index (χ3n) is 3.55. The van der Waals surface area contributed by atoms with E-state index in [1.54, 1.807) is 6.08 Å². The molecule has 0 spiro atoms. The fourth-order valence-electron chi connectivity index (χ4n) is 2.29. The lowest BCUT2D eigenvalue weighted by Crippen LogP contribution is -2.43. The molecule has 22 heavy (non-hydrogen) atoms. The summed E-state index contributed by atoms with van der Waals surface area (Å²) in [7, 11) is 0. The number of alkyl halides is 1. The molecule has 0 amide bonds. The van der Waals surface area contributed by atoms with Gasteiger partial charge in [0.15, 0.2) is 12.4 Å². The standard InChI is InChI=1S/C14H20FN3O4/c1-8(2)3-5-14(7-19)11(20)10(15)12(22-14)18-6-4-9(16)17-13(18)21/h3-6,8,10-12,19-20H,7H2,1-2H3,(H2,16,17,21). The minimum absolute atomic E-state index is 0.00308. The van der Waals surface area contributed by atoms with Crippen molar-refractivity contribution in [1.29, 1.82) is 0 Å². The molecule has 0 aromatic carbocycles. The molecule has 4 atom stereocenters. The van der Waals surface area contributed by atoms with E-state index >= 15 is 0 Å². The summed E-state index contributed by atoms with van der Waals surface area (Å²) in [6, 6.07) is 1.33. The van der Waals surface area contributed by atoms with Gasteiger partial charge in [-0.15, -0.1) is 0 Å². The van der Waals surface area contributed by atoms with Crippen LogP contribution in [0.1, 0.15) is 20.1 Å². The zero-order valence-electron chi connectivity index (χ0n) is 12.4. The predicted octanol–water partition coefficient (Wildman–Crippen LogP) is -0.00340. The molecule has 4 unspecified atom stereocenters. The first kappa shape index (κ1) is 16.6.